The Morgan fingerprint density at radius 3 is 2.70 bits per heavy atom. The number of furan rings is 1. The third kappa shape index (κ3) is 6.26. The van der Waals surface area contributed by atoms with Crippen LogP contribution in [0.5, 0.6) is 0 Å². The molecule has 0 fully saturated rings. The molecule has 0 aliphatic heterocycles. The summed E-state index contributed by atoms with van der Waals surface area (Å²) in [6.45, 7) is 3.74. The number of aliphatic carboxylic acids is 1. The van der Waals surface area contributed by atoms with Crippen LogP contribution in [-0.2, 0) is 11.2 Å². The fourth-order valence-electron chi connectivity index (χ4n) is 1.84. The standard InChI is InChI=1S/C14H22N2O4/c1-3-11(9-13(17)18)16-14(19)15-10(2)6-7-12-5-4-8-20-12/h4-5,8,10-11H,3,6-7,9H2,1-2H3,(H,17,18)(H2,15,16,19). The largest absolute Gasteiger partial charge is 0.481 e. The first-order valence-corrected chi connectivity index (χ1v) is 6.82. The van der Waals surface area contributed by atoms with Gasteiger partial charge in [0.1, 0.15) is 5.76 Å². The van der Waals surface area contributed by atoms with Crippen LogP contribution in [0.25, 0.3) is 0 Å². The van der Waals surface area contributed by atoms with Gasteiger partial charge in [-0.05, 0) is 31.9 Å². The summed E-state index contributed by atoms with van der Waals surface area (Å²) in [7, 11) is 0. The van der Waals surface area contributed by atoms with E-state index >= 15 is 0 Å². The first-order valence-electron chi connectivity index (χ1n) is 6.82. The fraction of sp³-hybridized carbons (Fsp3) is 0.571. The number of hydrogen-bond acceptors (Lipinski definition) is 3. The number of hydrogen-bond donors (Lipinski definition) is 3. The number of carbonyl (C=O) groups is 2. The molecular weight excluding hydrogens is 260 g/mol. The van der Waals surface area contributed by atoms with E-state index < -0.39 is 5.97 Å². The number of rotatable bonds is 8. The second-order valence-electron chi connectivity index (χ2n) is 4.84. The maximum absolute atomic E-state index is 11.7. The highest BCUT2D eigenvalue weighted by Gasteiger charge is 2.15. The monoisotopic (exact) mass is 282 g/mol. The molecule has 2 unspecified atom stereocenters. The van der Waals surface area contributed by atoms with Crippen molar-refractivity contribution >= 4 is 12.0 Å². The molecule has 20 heavy (non-hydrogen) atoms. The number of carboxylic acids is 1. The van der Waals surface area contributed by atoms with Crippen molar-refractivity contribution in [2.24, 2.45) is 0 Å². The lowest BCUT2D eigenvalue weighted by molar-refractivity contribution is -0.137. The second-order valence-corrected chi connectivity index (χ2v) is 4.84. The summed E-state index contributed by atoms with van der Waals surface area (Å²) in [6, 6.07) is 3.04. The fourth-order valence-corrected chi connectivity index (χ4v) is 1.84. The van der Waals surface area contributed by atoms with Gasteiger partial charge >= 0.3 is 12.0 Å². The topological polar surface area (TPSA) is 91.6 Å². The molecular formula is C14H22N2O4. The molecule has 1 aromatic heterocycles. The van der Waals surface area contributed by atoms with Crippen molar-refractivity contribution in [3.05, 3.63) is 24.2 Å². The van der Waals surface area contributed by atoms with Gasteiger partial charge in [-0.1, -0.05) is 6.92 Å². The minimum atomic E-state index is -0.914. The van der Waals surface area contributed by atoms with E-state index in [4.69, 9.17) is 9.52 Å². The summed E-state index contributed by atoms with van der Waals surface area (Å²) in [5, 5.41) is 14.2. The Hall–Kier alpha value is -1.98. The van der Waals surface area contributed by atoms with Gasteiger partial charge in [0.05, 0.1) is 12.7 Å². The van der Waals surface area contributed by atoms with Crippen molar-refractivity contribution in [3.63, 3.8) is 0 Å². The van der Waals surface area contributed by atoms with Crippen LogP contribution in [0.2, 0.25) is 0 Å². The maximum Gasteiger partial charge on any atom is 0.315 e. The van der Waals surface area contributed by atoms with Crippen LogP contribution in [0.4, 0.5) is 4.79 Å². The smallest absolute Gasteiger partial charge is 0.315 e. The Kier molecular flexibility index (Phi) is 6.63. The molecule has 0 aliphatic carbocycles. The molecule has 0 spiro atoms. The molecule has 2 atom stereocenters. The predicted molar refractivity (Wildman–Crippen MR) is 74.5 cm³/mol. The minimum absolute atomic E-state index is 0.0116. The molecule has 6 heteroatoms. The van der Waals surface area contributed by atoms with Gasteiger partial charge in [0, 0.05) is 18.5 Å². The van der Waals surface area contributed by atoms with Gasteiger partial charge in [0.25, 0.3) is 0 Å². The minimum Gasteiger partial charge on any atom is -0.481 e. The highest BCUT2D eigenvalue weighted by Crippen LogP contribution is 2.05. The van der Waals surface area contributed by atoms with Gasteiger partial charge in [-0.3, -0.25) is 4.79 Å². The van der Waals surface area contributed by atoms with E-state index in [2.05, 4.69) is 10.6 Å². The molecule has 0 aromatic carbocycles. The Morgan fingerprint density at radius 2 is 2.15 bits per heavy atom. The van der Waals surface area contributed by atoms with Crippen molar-refractivity contribution in [3.8, 4) is 0 Å². The highest BCUT2D eigenvalue weighted by molar-refractivity contribution is 5.75. The van der Waals surface area contributed by atoms with Crippen molar-refractivity contribution in [1.29, 1.82) is 0 Å². The van der Waals surface area contributed by atoms with Gasteiger partial charge in [0.2, 0.25) is 0 Å². The van der Waals surface area contributed by atoms with Crippen LogP contribution >= 0.6 is 0 Å². The third-order valence-corrected chi connectivity index (χ3v) is 3.03. The van der Waals surface area contributed by atoms with Crippen LogP contribution in [0.1, 0.15) is 38.9 Å². The van der Waals surface area contributed by atoms with E-state index in [0.29, 0.717) is 6.42 Å². The summed E-state index contributed by atoms with van der Waals surface area (Å²) in [5.41, 5.74) is 0. The quantitative estimate of drug-likeness (QED) is 0.681. The van der Waals surface area contributed by atoms with Crippen molar-refractivity contribution < 1.29 is 19.1 Å². The van der Waals surface area contributed by atoms with E-state index in [1.54, 1.807) is 6.26 Å². The average Bonchev–Trinajstić information content (AvgIpc) is 2.87. The lowest BCUT2D eigenvalue weighted by Crippen LogP contribution is -2.46. The lowest BCUT2D eigenvalue weighted by atomic mass is 10.1. The molecule has 1 rings (SSSR count). The van der Waals surface area contributed by atoms with E-state index in [1.165, 1.54) is 0 Å². The van der Waals surface area contributed by atoms with Gasteiger partial charge < -0.3 is 20.2 Å². The first kappa shape index (κ1) is 16.1. The van der Waals surface area contributed by atoms with Crippen LogP contribution in [-0.4, -0.2) is 29.2 Å². The number of carbonyl (C=O) groups excluding carboxylic acids is 1. The molecule has 0 saturated carbocycles. The van der Waals surface area contributed by atoms with E-state index in [0.717, 1.165) is 18.6 Å². The van der Waals surface area contributed by atoms with Crippen LogP contribution < -0.4 is 10.6 Å². The summed E-state index contributed by atoms with van der Waals surface area (Å²) < 4.78 is 5.22. The van der Waals surface area contributed by atoms with Gasteiger partial charge in [-0.15, -0.1) is 0 Å². The van der Waals surface area contributed by atoms with E-state index in [1.807, 2.05) is 26.0 Å². The van der Waals surface area contributed by atoms with Gasteiger partial charge in [0.15, 0.2) is 0 Å². The highest BCUT2D eigenvalue weighted by atomic mass is 16.4. The molecule has 112 valence electrons. The number of urea groups is 1. The Morgan fingerprint density at radius 1 is 1.40 bits per heavy atom. The number of amides is 2. The summed E-state index contributed by atoms with van der Waals surface area (Å²) in [4.78, 5) is 22.4. The average molecular weight is 282 g/mol. The Bertz CT molecular complexity index is 417. The number of carboxylic acid groups (broad SMARTS) is 1. The zero-order chi connectivity index (χ0) is 15.0. The first-order chi connectivity index (χ1) is 9.51. The van der Waals surface area contributed by atoms with Crippen LogP contribution in [0.3, 0.4) is 0 Å². The Balaban J connectivity index is 2.27. The van der Waals surface area contributed by atoms with Gasteiger partial charge in [-0.25, -0.2) is 4.79 Å². The molecule has 6 nitrogen and oxygen atoms in total. The molecule has 0 saturated heterocycles. The zero-order valence-corrected chi connectivity index (χ0v) is 11.9. The summed E-state index contributed by atoms with van der Waals surface area (Å²) in [6.07, 6.45) is 3.65. The normalized spacial score (nSPS) is 13.5. The van der Waals surface area contributed by atoms with Crippen molar-refractivity contribution in [2.75, 3.05) is 0 Å². The van der Waals surface area contributed by atoms with Crippen molar-refractivity contribution in [1.82, 2.24) is 10.6 Å². The SMILES string of the molecule is CCC(CC(=O)O)NC(=O)NC(C)CCc1ccco1. The summed E-state index contributed by atoms with van der Waals surface area (Å²) in [5.74, 6) is -0.0283. The molecule has 1 aromatic rings. The molecule has 0 aliphatic rings. The summed E-state index contributed by atoms with van der Waals surface area (Å²) >= 11 is 0. The number of aryl methyl sites for hydroxylation is 1. The number of nitrogens with one attached hydrogen (secondary N) is 2. The van der Waals surface area contributed by atoms with E-state index in [9.17, 15) is 9.59 Å². The third-order valence-electron chi connectivity index (χ3n) is 3.03. The van der Waals surface area contributed by atoms with Crippen LogP contribution in [0, 0.1) is 0 Å². The second kappa shape index (κ2) is 8.24. The van der Waals surface area contributed by atoms with E-state index in [-0.39, 0.29) is 24.5 Å². The lowest BCUT2D eigenvalue weighted by Gasteiger charge is -2.18. The Labute approximate surface area is 118 Å². The molecule has 1 heterocycles. The maximum atomic E-state index is 11.7. The zero-order valence-electron chi connectivity index (χ0n) is 11.9. The van der Waals surface area contributed by atoms with Crippen molar-refractivity contribution in [2.45, 2.75) is 51.6 Å². The molecule has 0 bridgehead atoms. The molecule has 3 N–H and O–H groups in total. The predicted octanol–water partition coefficient (Wildman–Crippen LogP) is 2.15. The molecule has 2 amide bonds. The van der Waals surface area contributed by atoms with Gasteiger partial charge in [-0.2, -0.15) is 0 Å². The molecule has 0 radical (unpaired) electrons. The van der Waals surface area contributed by atoms with Crippen LogP contribution in [0.15, 0.2) is 22.8 Å².